The molecule has 0 bridgehead atoms. The minimum atomic E-state index is -1.29. The van der Waals surface area contributed by atoms with Gasteiger partial charge in [-0.25, -0.2) is 23.9 Å². The third-order valence-corrected chi connectivity index (χ3v) is 2.23. The Balaban J connectivity index is 2.59. The topological polar surface area (TPSA) is 87.7 Å². The molecule has 0 saturated heterocycles. The molecule has 18 heavy (non-hydrogen) atoms. The number of carbonyl (C=O) groups is 2. The SMILES string of the molecule is O=C(O)CONC(=O)Nc1cc(Br)c(F)cc1F. The molecule has 98 valence electrons. The Morgan fingerprint density at radius 1 is 1.33 bits per heavy atom. The summed E-state index contributed by atoms with van der Waals surface area (Å²) in [5.74, 6) is -3.09. The summed E-state index contributed by atoms with van der Waals surface area (Å²) in [4.78, 5) is 25.5. The van der Waals surface area contributed by atoms with Gasteiger partial charge in [-0.2, -0.15) is 0 Å². The Bertz CT molecular complexity index is 484. The zero-order valence-electron chi connectivity index (χ0n) is 8.67. The van der Waals surface area contributed by atoms with E-state index in [-0.39, 0.29) is 10.2 Å². The van der Waals surface area contributed by atoms with Crippen molar-refractivity contribution in [3.63, 3.8) is 0 Å². The van der Waals surface area contributed by atoms with E-state index in [0.29, 0.717) is 6.07 Å². The molecule has 0 unspecified atom stereocenters. The van der Waals surface area contributed by atoms with E-state index in [1.54, 1.807) is 5.48 Å². The van der Waals surface area contributed by atoms with E-state index in [1.807, 2.05) is 5.32 Å². The quantitative estimate of drug-likeness (QED) is 0.582. The van der Waals surface area contributed by atoms with Crippen molar-refractivity contribution in [3.8, 4) is 0 Å². The summed E-state index contributed by atoms with van der Waals surface area (Å²) >= 11 is 2.82. The number of rotatable bonds is 4. The zero-order chi connectivity index (χ0) is 13.7. The zero-order valence-corrected chi connectivity index (χ0v) is 10.3. The van der Waals surface area contributed by atoms with Gasteiger partial charge in [-0.3, -0.25) is 4.84 Å². The van der Waals surface area contributed by atoms with Crippen molar-refractivity contribution in [2.75, 3.05) is 11.9 Å². The van der Waals surface area contributed by atoms with Crippen LogP contribution in [0.2, 0.25) is 0 Å². The second kappa shape index (κ2) is 6.26. The number of anilines is 1. The average Bonchev–Trinajstić information content (AvgIpc) is 2.25. The van der Waals surface area contributed by atoms with Crippen LogP contribution in [0.1, 0.15) is 0 Å². The Hall–Kier alpha value is -1.74. The normalized spacial score (nSPS) is 9.94. The van der Waals surface area contributed by atoms with Gasteiger partial charge in [-0.15, -0.1) is 0 Å². The van der Waals surface area contributed by atoms with Crippen molar-refractivity contribution in [2.45, 2.75) is 0 Å². The minimum absolute atomic E-state index is 0.0364. The number of aliphatic carboxylic acids is 1. The number of carboxylic acids is 1. The number of amides is 2. The van der Waals surface area contributed by atoms with Crippen LogP contribution in [0.15, 0.2) is 16.6 Å². The number of carbonyl (C=O) groups excluding carboxylic acids is 1. The molecule has 3 N–H and O–H groups in total. The fraction of sp³-hybridized carbons (Fsp3) is 0.111. The molecule has 0 atom stereocenters. The first kappa shape index (κ1) is 14.3. The molecule has 1 aromatic carbocycles. The number of hydrogen-bond donors (Lipinski definition) is 3. The Morgan fingerprint density at radius 3 is 2.61 bits per heavy atom. The molecule has 2 amide bonds. The van der Waals surface area contributed by atoms with Crippen LogP contribution in [0, 0.1) is 11.6 Å². The van der Waals surface area contributed by atoms with Gasteiger partial charge in [-0.1, -0.05) is 0 Å². The molecule has 0 heterocycles. The molecule has 1 rings (SSSR count). The van der Waals surface area contributed by atoms with Crippen molar-refractivity contribution >= 4 is 33.6 Å². The van der Waals surface area contributed by atoms with E-state index in [2.05, 4.69) is 20.8 Å². The summed E-state index contributed by atoms with van der Waals surface area (Å²) in [5.41, 5.74) is 1.43. The number of nitrogens with one attached hydrogen (secondary N) is 2. The summed E-state index contributed by atoms with van der Waals surface area (Å²) in [6.45, 7) is -0.747. The maximum Gasteiger partial charge on any atom is 0.343 e. The van der Waals surface area contributed by atoms with Gasteiger partial charge < -0.3 is 10.4 Å². The Labute approximate surface area is 108 Å². The number of benzene rings is 1. The van der Waals surface area contributed by atoms with Crippen molar-refractivity contribution < 1.29 is 28.3 Å². The van der Waals surface area contributed by atoms with Gasteiger partial charge >= 0.3 is 12.0 Å². The maximum atomic E-state index is 13.2. The lowest BCUT2D eigenvalue weighted by Crippen LogP contribution is -2.31. The summed E-state index contributed by atoms with van der Waals surface area (Å²) in [7, 11) is 0. The molecular weight excluding hydrogens is 318 g/mol. The molecule has 0 spiro atoms. The number of urea groups is 1. The highest BCUT2D eigenvalue weighted by Crippen LogP contribution is 2.23. The van der Waals surface area contributed by atoms with Gasteiger partial charge in [0.15, 0.2) is 6.61 Å². The van der Waals surface area contributed by atoms with Crippen molar-refractivity contribution in [3.05, 3.63) is 28.2 Å². The second-order valence-electron chi connectivity index (χ2n) is 2.98. The highest BCUT2D eigenvalue weighted by molar-refractivity contribution is 9.10. The molecule has 0 aliphatic carbocycles. The fourth-order valence-corrected chi connectivity index (χ4v) is 1.27. The molecule has 0 saturated carbocycles. The Morgan fingerprint density at radius 2 is 2.00 bits per heavy atom. The molecule has 0 aliphatic rings. The minimum Gasteiger partial charge on any atom is -0.479 e. The molecule has 1 aromatic rings. The van der Waals surface area contributed by atoms with Crippen LogP contribution in [0.3, 0.4) is 0 Å². The van der Waals surface area contributed by atoms with Crippen LogP contribution in [0.4, 0.5) is 19.3 Å². The lowest BCUT2D eigenvalue weighted by Gasteiger charge is -2.08. The van der Waals surface area contributed by atoms with Gasteiger partial charge in [0.05, 0.1) is 10.2 Å². The standard InChI is InChI=1S/C9H7BrF2N2O4/c10-4-1-7(6(12)2-5(4)11)13-9(17)14-18-3-8(15)16/h1-2H,3H2,(H,15,16)(H2,13,14,17). The van der Waals surface area contributed by atoms with Gasteiger partial charge in [0, 0.05) is 6.07 Å². The summed E-state index contributed by atoms with van der Waals surface area (Å²) in [6.07, 6.45) is 0. The van der Waals surface area contributed by atoms with E-state index in [4.69, 9.17) is 5.11 Å². The van der Waals surface area contributed by atoms with Crippen LogP contribution in [-0.4, -0.2) is 23.7 Å². The monoisotopic (exact) mass is 324 g/mol. The van der Waals surface area contributed by atoms with Crippen molar-refractivity contribution in [1.82, 2.24) is 5.48 Å². The smallest absolute Gasteiger partial charge is 0.343 e. The molecule has 0 radical (unpaired) electrons. The highest BCUT2D eigenvalue weighted by Gasteiger charge is 2.11. The Kier molecular flexibility index (Phi) is 4.98. The van der Waals surface area contributed by atoms with Gasteiger partial charge in [0.25, 0.3) is 0 Å². The first-order chi connectivity index (χ1) is 8.40. The summed E-state index contributed by atoms with van der Waals surface area (Å²) < 4.78 is 26.0. The second-order valence-corrected chi connectivity index (χ2v) is 3.84. The third-order valence-electron chi connectivity index (χ3n) is 1.62. The molecule has 0 aromatic heterocycles. The maximum absolute atomic E-state index is 13.2. The van der Waals surface area contributed by atoms with Gasteiger partial charge in [0.1, 0.15) is 11.6 Å². The third kappa shape index (κ3) is 4.26. The molecule has 0 fully saturated rings. The lowest BCUT2D eigenvalue weighted by atomic mass is 10.3. The van der Waals surface area contributed by atoms with Crippen LogP contribution < -0.4 is 10.8 Å². The van der Waals surface area contributed by atoms with E-state index < -0.39 is 30.2 Å². The molecular formula is C9H7BrF2N2O4. The van der Waals surface area contributed by atoms with Crippen LogP contribution in [-0.2, 0) is 9.63 Å². The largest absolute Gasteiger partial charge is 0.479 e. The summed E-state index contributed by atoms with van der Waals surface area (Å²) in [5, 5.41) is 10.2. The van der Waals surface area contributed by atoms with Crippen LogP contribution in [0.25, 0.3) is 0 Å². The highest BCUT2D eigenvalue weighted by atomic mass is 79.9. The van der Waals surface area contributed by atoms with Crippen LogP contribution >= 0.6 is 15.9 Å². The van der Waals surface area contributed by atoms with Gasteiger partial charge in [-0.05, 0) is 22.0 Å². The van der Waals surface area contributed by atoms with E-state index in [0.717, 1.165) is 6.07 Å². The first-order valence-corrected chi connectivity index (χ1v) is 5.24. The molecule has 0 aliphatic heterocycles. The fourth-order valence-electron chi connectivity index (χ4n) is 0.930. The number of hydroxylamine groups is 1. The van der Waals surface area contributed by atoms with Crippen molar-refractivity contribution in [1.29, 1.82) is 0 Å². The average molecular weight is 325 g/mol. The lowest BCUT2D eigenvalue weighted by molar-refractivity contribution is -0.143. The van der Waals surface area contributed by atoms with E-state index >= 15 is 0 Å². The predicted octanol–water partition coefficient (Wildman–Crippen LogP) is 1.86. The van der Waals surface area contributed by atoms with Crippen LogP contribution in [0.5, 0.6) is 0 Å². The summed E-state index contributed by atoms with van der Waals surface area (Å²) in [6, 6.07) is 0.604. The van der Waals surface area contributed by atoms with Crippen molar-refractivity contribution in [2.24, 2.45) is 0 Å². The first-order valence-electron chi connectivity index (χ1n) is 4.45. The molecule has 9 heteroatoms. The number of carboxylic acid groups (broad SMARTS) is 1. The van der Waals surface area contributed by atoms with E-state index in [9.17, 15) is 18.4 Å². The predicted molar refractivity (Wildman–Crippen MR) is 59.8 cm³/mol. The van der Waals surface area contributed by atoms with Gasteiger partial charge in [0.2, 0.25) is 0 Å². The number of hydrogen-bond acceptors (Lipinski definition) is 3. The number of halogens is 3. The molecule has 6 nitrogen and oxygen atoms in total. The van der Waals surface area contributed by atoms with E-state index in [1.165, 1.54) is 0 Å².